The summed E-state index contributed by atoms with van der Waals surface area (Å²) in [6.45, 7) is 4.50. The smallest absolute Gasteiger partial charge is 0.139 e. The Hall–Kier alpha value is -0.700. The molecule has 0 radical (unpaired) electrons. The van der Waals surface area contributed by atoms with E-state index in [0.29, 0.717) is 42.2 Å². The van der Waals surface area contributed by atoms with E-state index in [0.717, 1.165) is 38.5 Å². The van der Waals surface area contributed by atoms with E-state index in [-0.39, 0.29) is 22.9 Å². The minimum absolute atomic E-state index is 0.100. The quantitative estimate of drug-likeness (QED) is 0.748. The monoisotopic (exact) mass is 304 g/mol. The molecule has 4 fully saturated rings. The first-order valence-electron chi connectivity index (χ1n) is 9.09. The number of hydrogen-bond donors (Lipinski definition) is 1. The molecule has 4 aliphatic carbocycles. The molecule has 0 aromatic rings. The summed E-state index contributed by atoms with van der Waals surface area (Å²) in [6, 6.07) is 0. The van der Waals surface area contributed by atoms with Gasteiger partial charge in [0, 0.05) is 24.7 Å². The molecule has 0 aromatic heterocycles. The number of aliphatic hydroxyl groups excluding tert-OH is 1. The predicted octanol–water partition coefficient (Wildman–Crippen LogP) is 3.14. The van der Waals surface area contributed by atoms with Gasteiger partial charge in [0.1, 0.15) is 11.6 Å². The molecule has 22 heavy (non-hydrogen) atoms. The second-order valence-corrected chi connectivity index (χ2v) is 8.95. The van der Waals surface area contributed by atoms with Crippen LogP contribution in [0.4, 0.5) is 0 Å². The van der Waals surface area contributed by atoms with E-state index in [1.165, 1.54) is 0 Å². The standard InChI is InChI=1S/C19H28O3/c1-18-7-5-11(20)9-15(18)16(21)10-12-13-3-4-17(22)19(13,2)8-6-14(12)18/h12-16,21H,3-10H2,1-2H3/t12-,13-,14-,15?,16+,18+,19-/m0/s1. The zero-order chi connectivity index (χ0) is 15.7. The maximum atomic E-state index is 12.4. The highest BCUT2D eigenvalue weighted by molar-refractivity contribution is 5.87. The molecule has 1 unspecified atom stereocenters. The van der Waals surface area contributed by atoms with Gasteiger partial charge in [0.15, 0.2) is 0 Å². The average molecular weight is 304 g/mol. The van der Waals surface area contributed by atoms with Gasteiger partial charge in [0.25, 0.3) is 0 Å². The molecule has 4 saturated carbocycles. The predicted molar refractivity (Wildman–Crippen MR) is 83.1 cm³/mol. The van der Waals surface area contributed by atoms with Gasteiger partial charge in [-0.25, -0.2) is 0 Å². The summed E-state index contributed by atoms with van der Waals surface area (Å²) in [5, 5.41) is 10.8. The molecule has 0 aliphatic heterocycles. The van der Waals surface area contributed by atoms with Crippen molar-refractivity contribution in [3.05, 3.63) is 0 Å². The van der Waals surface area contributed by atoms with Crippen molar-refractivity contribution in [2.75, 3.05) is 0 Å². The number of hydrogen-bond acceptors (Lipinski definition) is 3. The molecule has 4 aliphatic rings. The molecule has 1 N–H and O–H groups in total. The molecule has 122 valence electrons. The van der Waals surface area contributed by atoms with E-state index in [1.54, 1.807) is 0 Å². The molecule has 3 heteroatoms. The van der Waals surface area contributed by atoms with Crippen LogP contribution in [-0.2, 0) is 9.59 Å². The number of ketones is 2. The SMILES string of the molecule is C[C@]12CCC(=O)CC1[C@H](O)C[C@@H]1[C@@H]2CC[C@]2(C)C(=O)CC[C@@H]12. The molecule has 7 atom stereocenters. The number of aliphatic hydroxyl groups is 1. The Balaban J connectivity index is 1.69. The normalized spacial score (nSPS) is 54.6. The highest BCUT2D eigenvalue weighted by atomic mass is 16.3. The molecule has 3 nitrogen and oxygen atoms in total. The van der Waals surface area contributed by atoms with Gasteiger partial charge in [-0.15, -0.1) is 0 Å². The first-order chi connectivity index (χ1) is 10.4. The van der Waals surface area contributed by atoms with Crippen LogP contribution in [-0.4, -0.2) is 22.8 Å². The van der Waals surface area contributed by atoms with Crippen molar-refractivity contribution < 1.29 is 14.7 Å². The van der Waals surface area contributed by atoms with Crippen molar-refractivity contribution in [1.82, 2.24) is 0 Å². The highest BCUT2D eigenvalue weighted by Gasteiger charge is 2.62. The molecule has 0 spiro atoms. The summed E-state index contributed by atoms with van der Waals surface area (Å²) in [5.74, 6) is 2.47. The van der Waals surface area contributed by atoms with Crippen LogP contribution in [0.1, 0.15) is 65.2 Å². The van der Waals surface area contributed by atoms with Gasteiger partial charge in [-0.1, -0.05) is 13.8 Å². The Morgan fingerprint density at radius 1 is 1.00 bits per heavy atom. The van der Waals surface area contributed by atoms with E-state index >= 15 is 0 Å². The lowest BCUT2D eigenvalue weighted by Crippen LogP contribution is -2.57. The van der Waals surface area contributed by atoms with Gasteiger partial charge in [-0.05, 0) is 61.2 Å². The molecule has 0 amide bonds. The summed E-state index contributed by atoms with van der Waals surface area (Å²) in [6.07, 6.45) is 6.53. The van der Waals surface area contributed by atoms with Crippen molar-refractivity contribution in [1.29, 1.82) is 0 Å². The molecular formula is C19H28O3. The van der Waals surface area contributed by atoms with Crippen LogP contribution < -0.4 is 0 Å². The Bertz CT molecular complexity index is 527. The second kappa shape index (κ2) is 4.66. The molecule has 0 saturated heterocycles. The lowest BCUT2D eigenvalue weighted by atomic mass is 9.44. The molecule has 4 rings (SSSR count). The Morgan fingerprint density at radius 3 is 2.55 bits per heavy atom. The van der Waals surface area contributed by atoms with E-state index in [1.807, 2.05) is 0 Å². The Morgan fingerprint density at radius 2 is 1.77 bits per heavy atom. The maximum Gasteiger partial charge on any atom is 0.139 e. The van der Waals surface area contributed by atoms with Crippen LogP contribution >= 0.6 is 0 Å². The lowest BCUT2D eigenvalue weighted by Gasteiger charge is -2.60. The summed E-state index contributed by atoms with van der Waals surface area (Å²) in [7, 11) is 0. The van der Waals surface area contributed by atoms with Crippen LogP contribution in [0.5, 0.6) is 0 Å². The number of carbonyl (C=O) groups excluding carboxylic acids is 2. The first kappa shape index (κ1) is 14.9. The van der Waals surface area contributed by atoms with Gasteiger partial charge in [0.05, 0.1) is 6.10 Å². The fourth-order valence-corrected chi connectivity index (χ4v) is 6.86. The minimum atomic E-state index is -0.353. The second-order valence-electron chi connectivity index (χ2n) is 8.95. The van der Waals surface area contributed by atoms with Gasteiger partial charge >= 0.3 is 0 Å². The largest absolute Gasteiger partial charge is 0.393 e. The zero-order valence-corrected chi connectivity index (χ0v) is 13.8. The van der Waals surface area contributed by atoms with Crippen molar-refractivity contribution >= 4 is 11.6 Å². The summed E-state index contributed by atoms with van der Waals surface area (Å²) < 4.78 is 0. The van der Waals surface area contributed by atoms with Crippen molar-refractivity contribution in [2.45, 2.75) is 71.3 Å². The molecule has 0 heterocycles. The fraction of sp³-hybridized carbons (Fsp3) is 0.895. The summed E-state index contributed by atoms with van der Waals surface area (Å²) in [5.41, 5.74) is -0.0300. The third-order valence-electron chi connectivity index (χ3n) is 8.21. The van der Waals surface area contributed by atoms with Crippen molar-refractivity contribution in [3.63, 3.8) is 0 Å². The van der Waals surface area contributed by atoms with Gasteiger partial charge in [-0.2, -0.15) is 0 Å². The third-order valence-corrected chi connectivity index (χ3v) is 8.21. The van der Waals surface area contributed by atoms with E-state index in [2.05, 4.69) is 13.8 Å². The van der Waals surface area contributed by atoms with Crippen LogP contribution in [0.15, 0.2) is 0 Å². The summed E-state index contributed by atoms with van der Waals surface area (Å²) in [4.78, 5) is 24.3. The highest BCUT2D eigenvalue weighted by Crippen LogP contribution is 2.65. The van der Waals surface area contributed by atoms with Crippen LogP contribution in [0.25, 0.3) is 0 Å². The van der Waals surface area contributed by atoms with Gasteiger partial charge in [-0.3, -0.25) is 9.59 Å². The van der Waals surface area contributed by atoms with Crippen molar-refractivity contribution in [2.24, 2.45) is 34.5 Å². The maximum absolute atomic E-state index is 12.4. The molecular weight excluding hydrogens is 276 g/mol. The fourth-order valence-electron chi connectivity index (χ4n) is 6.86. The topological polar surface area (TPSA) is 54.4 Å². The lowest BCUT2D eigenvalue weighted by molar-refractivity contribution is -0.165. The van der Waals surface area contributed by atoms with E-state index < -0.39 is 0 Å². The number of carbonyl (C=O) groups is 2. The van der Waals surface area contributed by atoms with Gasteiger partial charge < -0.3 is 5.11 Å². The summed E-state index contributed by atoms with van der Waals surface area (Å²) >= 11 is 0. The minimum Gasteiger partial charge on any atom is -0.393 e. The Labute approximate surface area is 132 Å². The van der Waals surface area contributed by atoms with Crippen LogP contribution in [0, 0.1) is 34.5 Å². The zero-order valence-electron chi connectivity index (χ0n) is 13.8. The van der Waals surface area contributed by atoms with Crippen LogP contribution in [0.2, 0.25) is 0 Å². The van der Waals surface area contributed by atoms with Crippen molar-refractivity contribution in [3.8, 4) is 0 Å². The first-order valence-corrected chi connectivity index (χ1v) is 9.09. The molecule has 0 bridgehead atoms. The number of fused-ring (bicyclic) bond motifs is 5. The number of rotatable bonds is 0. The van der Waals surface area contributed by atoms with E-state index in [9.17, 15) is 14.7 Å². The van der Waals surface area contributed by atoms with Crippen LogP contribution in [0.3, 0.4) is 0 Å². The average Bonchev–Trinajstić information content (AvgIpc) is 2.77. The Kier molecular flexibility index (Phi) is 3.15. The van der Waals surface area contributed by atoms with E-state index in [4.69, 9.17) is 0 Å². The molecule has 0 aromatic carbocycles. The third kappa shape index (κ3) is 1.78. The van der Waals surface area contributed by atoms with Gasteiger partial charge in [0.2, 0.25) is 0 Å². The number of Topliss-reactive ketones (excluding diaryl/α,β-unsaturated/α-hetero) is 2.